The van der Waals surface area contributed by atoms with E-state index in [2.05, 4.69) is 5.32 Å². The van der Waals surface area contributed by atoms with Gasteiger partial charge in [-0.2, -0.15) is 0 Å². The molecule has 0 bridgehead atoms. The minimum Gasteiger partial charge on any atom is -0.492 e. The molecule has 0 radical (unpaired) electrons. The van der Waals surface area contributed by atoms with E-state index in [4.69, 9.17) is 9.47 Å². The topological polar surface area (TPSA) is 30.5 Å². The van der Waals surface area contributed by atoms with Gasteiger partial charge >= 0.3 is 0 Å². The van der Waals surface area contributed by atoms with Crippen molar-refractivity contribution >= 4 is 0 Å². The Morgan fingerprint density at radius 2 is 1.88 bits per heavy atom. The van der Waals surface area contributed by atoms with Crippen LogP contribution in [0.15, 0.2) is 6.07 Å². The molecule has 0 fully saturated rings. The predicted molar refractivity (Wildman–Crippen MR) is 61.9 cm³/mol. The second-order valence-corrected chi connectivity index (χ2v) is 3.56. The summed E-state index contributed by atoms with van der Waals surface area (Å²) in [6.45, 7) is 2.71. The summed E-state index contributed by atoms with van der Waals surface area (Å²) in [6.07, 6.45) is 0.763. The summed E-state index contributed by atoms with van der Waals surface area (Å²) in [6, 6.07) is 1.51. The Morgan fingerprint density at radius 3 is 2.38 bits per heavy atom. The van der Waals surface area contributed by atoms with Crippen molar-refractivity contribution in [1.82, 2.24) is 5.32 Å². The van der Waals surface area contributed by atoms with Crippen molar-refractivity contribution in [3.05, 3.63) is 23.0 Å². The van der Waals surface area contributed by atoms with Crippen LogP contribution in [0.5, 0.6) is 11.5 Å². The lowest BCUT2D eigenvalue weighted by molar-refractivity contribution is 0.335. The lowest BCUT2D eigenvalue weighted by atomic mass is 10.0. The molecule has 0 aliphatic rings. The van der Waals surface area contributed by atoms with Gasteiger partial charge in [-0.3, -0.25) is 0 Å². The van der Waals surface area contributed by atoms with Gasteiger partial charge < -0.3 is 14.8 Å². The minimum atomic E-state index is -0.379. The van der Waals surface area contributed by atoms with Crippen molar-refractivity contribution in [1.29, 1.82) is 0 Å². The van der Waals surface area contributed by atoms with Crippen LogP contribution >= 0.6 is 0 Å². The Bertz CT molecular complexity index is 367. The molecule has 0 amide bonds. The van der Waals surface area contributed by atoms with Gasteiger partial charge in [0.15, 0.2) is 17.3 Å². The highest BCUT2D eigenvalue weighted by Gasteiger charge is 2.16. The molecule has 4 heteroatoms. The summed E-state index contributed by atoms with van der Waals surface area (Å²) in [5.74, 6) is 0.276. The van der Waals surface area contributed by atoms with Crippen molar-refractivity contribution in [2.45, 2.75) is 13.3 Å². The number of likely N-dealkylation sites (N-methyl/N-ethyl adjacent to an activating group) is 1. The molecule has 1 aromatic rings. The summed E-state index contributed by atoms with van der Waals surface area (Å²) < 4.78 is 23.9. The Kier molecular flexibility index (Phi) is 4.55. The van der Waals surface area contributed by atoms with E-state index in [0.29, 0.717) is 5.75 Å². The monoisotopic (exact) mass is 227 g/mol. The molecule has 1 aromatic carbocycles. The van der Waals surface area contributed by atoms with Gasteiger partial charge in [0.25, 0.3) is 0 Å². The number of ether oxygens (including phenoxy) is 2. The van der Waals surface area contributed by atoms with E-state index in [1.54, 1.807) is 0 Å². The summed E-state index contributed by atoms with van der Waals surface area (Å²) in [7, 11) is 4.83. The largest absolute Gasteiger partial charge is 0.492 e. The first-order valence-corrected chi connectivity index (χ1v) is 5.20. The number of methoxy groups -OCH3 is 2. The van der Waals surface area contributed by atoms with Crippen LogP contribution in [0.3, 0.4) is 0 Å². The fourth-order valence-electron chi connectivity index (χ4n) is 1.71. The Morgan fingerprint density at radius 1 is 1.25 bits per heavy atom. The summed E-state index contributed by atoms with van der Waals surface area (Å²) in [5, 5.41) is 3.03. The molecule has 0 heterocycles. The second kappa shape index (κ2) is 5.70. The molecular weight excluding hydrogens is 209 g/mol. The number of rotatable bonds is 5. The molecule has 90 valence electrons. The summed E-state index contributed by atoms with van der Waals surface area (Å²) in [5.41, 5.74) is 1.86. The van der Waals surface area contributed by atoms with Crippen LogP contribution in [0.4, 0.5) is 4.39 Å². The van der Waals surface area contributed by atoms with Gasteiger partial charge in [0.05, 0.1) is 14.2 Å². The summed E-state index contributed by atoms with van der Waals surface area (Å²) in [4.78, 5) is 0. The molecular formula is C12H18FNO2. The van der Waals surface area contributed by atoms with Crippen LogP contribution in [0.25, 0.3) is 0 Å². The maximum atomic E-state index is 13.7. The molecule has 0 aromatic heterocycles. The van der Waals surface area contributed by atoms with E-state index in [-0.39, 0.29) is 11.6 Å². The average molecular weight is 227 g/mol. The molecule has 0 aliphatic heterocycles. The van der Waals surface area contributed by atoms with Crippen LogP contribution in [0.1, 0.15) is 11.1 Å². The molecule has 0 unspecified atom stereocenters. The quantitative estimate of drug-likeness (QED) is 0.833. The lowest BCUT2D eigenvalue weighted by Gasteiger charge is -2.15. The van der Waals surface area contributed by atoms with E-state index in [9.17, 15) is 4.39 Å². The van der Waals surface area contributed by atoms with Gasteiger partial charge in [-0.05, 0) is 44.1 Å². The van der Waals surface area contributed by atoms with Gasteiger partial charge in [0.2, 0.25) is 0 Å². The molecule has 1 rings (SSSR count). The molecule has 3 nitrogen and oxygen atoms in total. The van der Waals surface area contributed by atoms with E-state index in [1.165, 1.54) is 20.3 Å². The zero-order valence-corrected chi connectivity index (χ0v) is 10.2. The number of hydrogen-bond acceptors (Lipinski definition) is 3. The normalized spacial score (nSPS) is 10.3. The van der Waals surface area contributed by atoms with Gasteiger partial charge in [-0.1, -0.05) is 0 Å². The van der Waals surface area contributed by atoms with Gasteiger partial charge in [-0.25, -0.2) is 4.39 Å². The van der Waals surface area contributed by atoms with E-state index >= 15 is 0 Å². The molecule has 0 saturated carbocycles. The van der Waals surface area contributed by atoms with Gasteiger partial charge in [0, 0.05) is 0 Å². The SMILES string of the molecule is CNCCc1cc(F)c(OC)c(OC)c1C. The molecule has 0 spiro atoms. The van der Waals surface area contributed by atoms with Crippen LogP contribution < -0.4 is 14.8 Å². The fraction of sp³-hybridized carbons (Fsp3) is 0.500. The van der Waals surface area contributed by atoms with Crippen LogP contribution in [0, 0.1) is 12.7 Å². The van der Waals surface area contributed by atoms with E-state index < -0.39 is 0 Å². The standard InChI is InChI=1S/C12H18FNO2/c1-8-9(5-6-14-2)7-10(13)12(16-4)11(8)15-3/h7,14H,5-6H2,1-4H3. The van der Waals surface area contributed by atoms with Crippen LogP contribution in [-0.4, -0.2) is 27.8 Å². The second-order valence-electron chi connectivity index (χ2n) is 3.56. The van der Waals surface area contributed by atoms with Crippen molar-refractivity contribution in [2.24, 2.45) is 0 Å². The highest BCUT2D eigenvalue weighted by Crippen LogP contribution is 2.35. The first-order chi connectivity index (χ1) is 7.65. The third-order valence-electron chi connectivity index (χ3n) is 2.60. The number of halogens is 1. The third kappa shape index (κ3) is 2.44. The average Bonchev–Trinajstić information content (AvgIpc) is 2.29. The number of benzene rings is 1. The fourth-order valence-corrected chi connectivity index (χ4v) is 1.71. The van der Waals surface area contributed by atoms with E-state index in [0.717, 1.165) is 24.1 Å². The summed E-state index contributed by atoms with van der Waals surface area (Å²) >= 11 is 0. The van der Waals surface area contributed by atoms with Gasteiger partial charge in [-0.15, -0.1) is 0 Å². The molecule has 1 N–H and O–H groups in total. The Hall–Kier alpha value is -1.29. The molecule has 0 atom stereocenters. The highest BCUT2D eigenvalue weighted by molar-refractivity contribution is 5.51. The lowest BCUT2D eigenvalue weighted by Crippen LogP contribution is -2.12. The molecule has 0 aliphatic carbocycles. The number of hydrogen-bond donors (Lipinski definition) is 1. The highest BCUT2D eigenvalue weighted by atomic mass is 19.1. The Labute approximate surface area is 95.6 Å². The van der Waals surface area contributed by atoms with Crippen molar-refractivity contribution in [2.75, 3.05) is 27.8 Å². The van der Waals surface area contributed by atoms with Gasteiger partial charge in [0.1, 0.15) is 0 Å². The first kappa shape index (κ1) is 12.8. The minimum absolute atomic E-state index is 0.174. The Balaban J connectivity index is 3.17. The smallest absolute Gasteiger partial charge is 0.197 e. The van der Waals surface area contributed by atoms with E-state index in [1.807, 2.05) is 14.0 Å². The first-order valence-electron chi connectivity index (χ1n) is 5.20. The maximum absolute atomic E-state index is 13.7. The molecule has 0 saturated heterocycles. The zero-order valence-electron chi connectivity index (χ0n) is 10.2. The van der Waals surface area contributed by atoms with Crippen LogP contribution in [-0.2, 0) is 6.42 Å². The van der Waals surface area contributed by atoms with Crippen molar-refractivity contribution in [3.8, 4) is 11.5 Å². The van der Waals surface area contributed by atoms with Crippen LogP contribution in [0.2, 0.25) is 0 Å². The van der Waals surface area contributed by atoms with Crippen molar-refractivity contribution < 1.29 is 13.9 Å². The maximum Gasteiger partial charge on any atom is 0.197 e. The number of nitrogens with one attached hydrogen (secondary N) is 1. The third-order valence-corrected chi connectivity index (χ3v) is 2.60. The molecule has 16 heavy (non-hydrogen) atoms. The predicted octanol–water partition coefficient (Wildman–Crippen LogP) is 1.91. The zero-order chi connectivity index (χ0) is 12.1. The van der Waals surface area contributed by atoms with Crippen molar-refractivity contribution in [3.63, 3.8) is 0 Å².